The Hall–Kier alpha value is -1.25. The van der Waals surface area contributed by atoms with Crippen LogP contribution in [0.5, 0.6) is 0 Å². The van der Waals surface area contributed by atoms with Gasteiger partial charge in [0, 0.05) is 39.5 Å². The Morgan fingerprint density at radius 2 is 2.00 bits per heavy atom. The molecule has 124 valence electrons. The van der Waals surface area contributed by atoms with E-state index >= 15 is 0 Å². The molecule has 1 aromatic rings. The van der Waals surface area contributed by atoms with Gasteiger partial charge < -0.3 is 18.5 Å². The minimum atomic E-state index is -3.37. The number of rotatable bonds is 5. The van der Waals surface area contributed by atoms with E-state index in [1.807, 2.05) is 0 Å². The zero-order valence-electron chi connectivity index (χ0n) is 12.8. The van der Waals surface area contributed by atoms with Gasteiger partial charge in [0.25, 0.3) is 11.5 Å². The molecule has 1 saturated heterocycles. The van der Waals surface area contributed by atoms with E-state index in [1.54, 1.807) is 6.92 Å². The zero-order valence-corrected chi connectivity index (χ0v) is 13.7. The van der Waals surface area contributed by atoms with Gasteiger partial charge in [-0.3, -0.25) is 14.3 Å². The van der Waals surface area contributed by atoms with Crippen LogP contribution in [0.15, 0.2) is 15.8 Å². The molecule has 22 heavy (non-hydrogen) atoms. The van der Waals surface area contributed by atoms with Crippen LogP contribution in [0.3, 0.4) is 0 Å². The van der Waals surface area contributed by atoms with Crippen molar-refractivity contribution in [3.63, 3.8) is 0 Å². The van der Waals surface area contributed by atoms with Crippen molar-refractivity contribution in [2.75, 3.05) is 27.9 Å². The summed E-state index contributed by atoms with van der Waals surface area (Å²) in [5.74, 6) is -1.47. The third-order valence-corrected chi connectivity index (χ3v) is 6.00. The molecule has 2 rings (SSSR count). The fourth-order valence-electron chi connectivity index (χ4n) is 2.45. The lowest BCUT2D eigenvalue weighted by atomic mass is 10.2. The Morgan fingerprint density at radius 3 is 2.55 bits per heavy atom. The molecule has 2 unspecified atom stereocenters. The maximum Gasteiger partial charge on any atom is 0.335 e. The lowest BCUT2D eigenvalue weighted by molar-refractivity contribution is -0.256. The van der Waals surface area contributed by atoms with E-state index in [9.17, 15) is 14.2 Å². The summed E-state index contributed by atoms with van der Waals surface area (Å²) in [5.41, 5.74) is -1.43. The van der Waals surface area contributed by atoms with Crippen molar-refractivity contribution < 1.29 is 23.1 Å². The third-order valence-electron chi connectivity index (χ3n) is 3.76. The molecule has 1 N–H and O–H groups in total. The third kappa shape index (κ3) is 2.70. The summed E-state index contributed by atoms with van der Waals surface area (Å²) >= 11 is 0. The number of aromatic nitrogens is 2. The van der Waals surface area contributed by atoms with Gasteiger partial charge in [-0.25, -0.2) is 9.36 Å². The van der Waals surface area contributed by atoms with E-state index in [0.717, 1.165) is 4.57 Å². The Kier molecular flexibility index (Phi) is 4.74. The van der Waals surface area contributed by atoms with E-state index in [1.165, 1.54) is 27.5 Å². The van der Waals surface area contributed by atoms with Crippen LogP contribution in [0, 0.1) is 6.92 Å². The largest absolute Gasteiger partial charge is 0.336 e. The second kappa shape index (κ2) is 6.10. The summed E-state index contributed by atoms with van der Waals surface area (Å²) in [6.07, 6.45) is 1.42. The number of ether oxygens (including phenoxy) is 2. The second-order valence-electron chi connectivity index (χ2n) is 4.93. The first-order valence-corrected chi connectivity index (χ1v) is 8.16. The Labute approximate surface area is 126 Å². The molecule has 10 heteroatoms. The Morgan fingerprint density at radius 1 is 1.36 bits per heavy atom. The number of methoxy groups -OCH3 is 1. The molecule has 0 amide bonds. The number of H-pyrrole nitrogens is 1. The monoisotopic (exact) mass is 334 g/mol. The quantitative estimate of drug-likeness (QED) is 0.775. The van der Waals surface area contributed by atoms with Gasteiger partial charge in [-0.2, -0.15) is 0 Å². The lowest BCUT2D eigenvalue weighted by Crippen LogP contribution is -2.45. The molecule has 0 saturated carbocycles. The van der Waals surface area contributed by atoms with Gasteiger partial charge in [-0.15, -0.1) is 0 Å². The van der Waals surface area contributed by atoms with Crippen molar-refractivity contribution in [2.24, 2.45) is 0 Å². The summed E-state index contributed by atoms with van der Waals surface area (Å²) in [6.45, 7) is 1.58. The molecule has 9 nitrogen and oxygen atoms in total. The smallest absolute Gasteiger partial charge is 0.335 e. The van der Waals surface area contributed by atoms with Gasteiger partial charge in [0.15, 0.2) is 0 Å². The van der Waals surface area contributed by atoms with Crippen LogP contribution in [0.4, 0.5) is 0 Å². The highest BCUT2D eigenvalue weighted by molar-refractivity contribution is 7.54. The second-order valence-corrected chi connectivity index (χ2v) is 7.47. The molecular weight excluding hydrogens is 315 g/mol. The highest BCUT2D eigenvalue weighted by atomic mass is 31.2. The molecule has 1 aliphatic heterocycles. The van der Waals surface area contributed by atoms with Gasteiger partial charge >= 0.3 is 13.3 Å². The fraction of sp³-hybridized carbons (Fsp3) is 0.667. The summed E-state index contributed by atoms with van der Waals surface area (Å²) in [5, 5.41) is 0. The van der Waals surface area contributed by atoms with Crippen molar-refractivity contribution >= 4 is 7.60 Å². The fourth-order valence-corrected chi connectivity index (χ4v) is 3.90. The van der Waals surface area contributed by atoms with Crippen LogP contribution in [-0.4, -0.2) is 43.1 Å². The van der Waals surface area contributed by atoms with Gasteiger partial charge in [0.2, 0.25) is 0 Å². The molecular formula is C12H19N2O7P. The number of hydrogen-bond acceptors (Lipinski definition) is 7. The van der Waals surface area contributed by atoms with Crippen molar-refractivity contribution in [1.29, 1.82) is 0 Å². The van der Waals surface area contributed by atoms with Crippen molar-refractivity contribution in [2.45, 2.75) is 24.9 Å². The van der Waals surface area contributed by atoms with Crippen molar-refractivity contribution in [1.82, 2.24) is 9.55 Å². The Bertz CT molecular complexity index is 704. The molecule has 0 spiro atoms. The van der Waals surface area contributed by atoms with Crippen LogP contribution in [0.2, 0.25) is 0 Å². The molecule has 0 radical (unpaired) electrons. The molecule has 2 atom stereocenters. The summed E-state index contributed by atoms with van der Waals surface area (Å²) in [6, 6.07) is 0. The van der Waals surface area contributed by atoms with Crippen LogP contribution >= 0.6 is 7.60 Å². The zero-order chi connectivity index (χ0) is 16.5. The highest BCUT2D eigenvalue weighted by Crippen LogP contribution is 2.57. The maximum atomic E-state index is 12.5. The molecule has 2 heterocycles. The number of aryl methyl sites for hydroxylation is 1. The van der Waals surface area contributed by atoms with E-state index in [2.05, 4.69) is 4.98 Å². The first-order valence-electron chi connectivity index (χ1n) is 6.55. The Balaban J connectivity index is 2.45. The predicted molar refractivity (Wildman–Crippen MR) is 77.0 cm³/mol. The standard InChI is InChI=1S/C12H19N2O7P/c1-8-6-14(11(16)13-10(8)15)12(18-2)5-9(7-21-12)22(17,19-3)20-4/h6,9H,5,7H2,1-4H3,(H,13,15,16). The van der Waals surface area contributed by atoms with Gasteiger partial charge in [-0.1, -0.05) is 0 Å². The van der Waals surface area contributed by atoms with Gasteiger partial charge in [0.1, 0.15) is 0 Å². The number of hydrogen-bond donors (Lipinski definition) is 1. The average molecular weight is 334 g/mol. The lowest BCUT2D eigenvalue weighted by Gasteiger charge is -2.29. The normalized spacial score (nSPS) is 25.5. The molecule has 1 aliphatic rings. The topological polar surface area (TPSA) is 109 Å². The van der Waals surface area contributed by atoms with Crippen LogP contribution in [0.1, 0.15) is 12.0 Å². The van der Waals surface area contributed by atoms with E-state index < -0.39 is 30.4 Å². The number of nitrogens with one attached hydrogen (secondary N) is 1. The summed E-state index contributed by atoms with van der Waals surface area (Å²) in [7, 11) is 0.560. The van der Waals surface area contributed by atoms with Crippen molar-refractivity contribution in [3.05, 3.63) is 32.6 Å². The SMILES string of the molecule is COC1(n2cc(C)c(=O)[nH]c2=O)CC(P(=O)(OC)OC)CO1. The van der Waals surface area contributed by atoms with Crippen LogP contribution in [0.25, 0.3) is 0 Å². The summed E-state index contributed by atoms with van der Waals surface area (Å²) < 4.78 is 34.5. The number of nitrogens with zero attached hydrogens (tertiary/aromatic N) is 1. The molecule has 0 aliphatic carbocycles. The van der Waals surface area contributed by atoms with Gasteiger partial charge in [0.05, 0.1) is 12.3 Å². The van der Waals surface area contributed by atoms with Crippen LogP contribution < -0.4 is 11.2 Å². The minimum Gasteiger partial charge on any atom is -0.336 e. The first kappa shape index (κ1) is 17.1. The molecule has 1 aromatic heterocycles. The van der Waals surface area contributed by atoms with Crippen molar-refractivity contribution in [3.8, 4) is 0 Å². The summed E-state index contributed by atoms with van der Waals surface area (Å²) in [4.78, 5) is 25.7. The van der Waals surface area contributed by atoms with E-state index in [0.29, 0.717) is 5.56 Å². The molecule has 1 fully saturated rings. The predicted octanol–water partition coefficient (Wildman–Crippen LogP) is 0.377. The van der Waals surface area contributed by atoms with Gasteiger partial charge in [-0.05, 0) is 6.92 Å². The highest BCUT2D eigenvalue weighted by Gasteiger charge is 2.51. The molecule has 0 bridgehead atoms. The number of aromatic amines is 1. The first-order chi connectivity index (χ1) is 10.3. The minimum absolute atomic E-state index is 0.0252. The van der Waals surface area contributed by atoms with Crippen LogP contribution in [-0.2, 0) is 29.0 Å². The maximum absolute atomic E-state index is 12.5. The average Bonchev–Trinajstić information content (AvgIpc) is 2.96. The molecule has 0 aromatic carbocycles. The van der Waals surface area contributed by atoms with E-state index in [4.69, 9.17) is 18.5 Å². The van der Waals surface area contributed by atoms with E-state index in [-0.39, 0.29) is 13.0 Å².